The van der Waals surface area contributed by atoms with E-state index in [1.54, 1.807) is 25.1 Å². The Morgan fingerprint density at radius 1 is 1.25 bits per heavy atom. The lowest BCUT2D eigenvalue weighted by Gasteiger charge is -2.05. The van der Waals surface area contributed by atoms with Gasteiger partial charge in [-0.2, -0.15) is 13.2 Å². The highest BCUT2D eigenvalue weighted by Gasteiger charge is 2.40. The molecule has 0 aliphatic rings. The molecule has 1 aromatic carbocycles. The van der Waals surface area contributed by atoms with Crippen LogP contribution in [0.4, 0.5) is 18.3 Å². The predicted octanol–water partition coefficient (Wildman–Crippen LogP) is 4.85. The Hall–Kier alpha value is -2.70. The number of benzene rings is 1. The lowest BCUT2D eigenvalue weighted by molar-refractivity contribution is -0.141. The topological polar surface area (TPSA) is 99.0 Å². The normalized spacial score (nSPS) is 11.5. The molecule has 0 saturated carbocycles. The largest absolute Gasteiger partial charge is 0.462 e. The number of rotatable bonds is 6. The SMILES string of the molecule is CCOC(=O)c1sc(NC(=O)c2nnn(Cc3ccc(Cl)c(Cl)c3)c2C)nc1C(F)(F)F. The summed E-state index contributed by atoms with van der Waals surface area (Å²) in [6.45, 7) is 3.14. The third-order valence-electron chi connectivity index (χ3n) is 4.09. The zero-order valence-corrected chi connectivity index (χ0v) is 18.8. The number of ether oxygens (including phenoxy) is 1. The summed E-state index contributed by atoms with van der Waals surface area (Å²) >= 11 is 12.2. The van der Waals surface area contributed by atoms with Crippen LogP contribution in [-0.4, -0.2) is 38.5 Å². The minimum atomic E-state index is -4.90. The van der Waals surface area contributed by atoms with Gasteiger partial charge in [0.05, 0.1) is 28.9 Å². The number of nitrogens with one attached hydrogen (secondary N) is 1. The number of nitrogens with zero attached hydrogens (tertiary/aromatic N) is 4. The van der Waals surface area contributed by atoms with Crippen LogP contribution in [-0.2, 0) is 17.5 Å². The van der Waals surface area contributed by atoms with E-state index in [0.717, 1.165) is 5.56 Å². The molecule has 8 nitrogen and oxygen atoms in total. The second-order valence-electron chi connectivity index (χ2n) is 6.30. The Kier molecular flexibility index (Phi) is 7.06. The van der Waals surface area contributed by atoms with E-state index in [1.165, 1.54) is 11.6 Å². The molecule has 0 aliphatic heterocycles. The Balaban J connectivity index is 1.82. The lowest BCUT2D eigenvalue weighted by atomic mass is 10.2. The molecule has 170 valence electrons. The number of hydrogen-bond acceptors (Lipinski definition) is 7. The van der Waals surface area contributed by atoms with Gasteiger partial charge in [-0.3, -0.25) is 10.1 Å². The third-order valence-corrected chi connectivity index (χ3v) is 5.78. The first-order chi connectivity index (χ1) is 15.0. The van der Waals surface area contributed by atoms with Crippen molar-refractivity contribution in [1.82, 2.24) is 20.0 Å². The maximum Gasteiger partial charge on any atom is 0.435 e. The molecule has 0 saturated heterocycles. The van der Waals surface area contributed by atoms with E-state index in [-0.39, 0.29) is 18.8 Å². The zero-order valence-electron chi connectivity index (χ0n) is 16.5. The monoisotopic (exact) mass is 507 g/mol. The average molecular weight is 508 g/mol. The predicted molar refractivity (Wildman–Crippen MR) is 111 cm³/mol. The summed E-state index contributed by atoms with van der Waals surface area (Å²) in [4.78, 5) is 27.0. The highest BCUT2D eigenvalue weighted by Crippen LogP contribution is 2.36. The van der Waals surface area contributed by atoms with Crippen molar-refractivity contribution in [2.24, 2.45) is 0 Å². The molecule has 2 aromatic heterocycles. The summed E-state index contributed by atoms with van der Waals surface area (Å²) < 4.78 is 45.7. The Morgan fingerprint density at radius 3 is 2.59 bits per heavy atom. The van der Waals surface area contributed by atoms with Crippen molar-refractivity contribution in [1.29, 1.82) is 0 Å². The van der Waals surface area contributed by atoms with Gasteiger partial charge in [0.25, 0.3) is 5.91 Å². The Labute approximate surface area is 193 Å². The molecule has 2 heterocycles. The molecule has 32 heavy (non-hydrogen) atoms. The molecule has 0 radical (unpaired) electrons. The maximum atomic E-state index is 13.2. The van der Waals surface area contributed by atoms with Gasteiger partial charge in [0.15, 0.2) is 16.5 Å². The van der Waals surface area contributed by atoms with Crippen LogP contribution in [0.1, 0.15) is 44.0 Å². The van der Waals surface area contributed by atoms with E-state index in [9.17, 15) is 22.8 Å². The van der Waals surface area contributed by atoms with Crippen LogP contribution >= 0.6 is 34.5 Å². The van der Waals surface area contributed by atoms with Gasteiger partial charge in [0, 0.05) is 0 Å². The molecule has 3 aromatic rings. The standard InChI is InChI=1S/C18H14Cl2F3N5O3S/c1-3-31-16(30)13-14(18(21,22)23)24-17(32-13)25-15(29)12-8(2)28(27-26-12)7-9-4-5-10(19)11(20)6-9/h4-6H,3,7H2,1-2H3,(H,24,25,29). The summed E-state index contributed by atoms with van der Waals surface area (Å²) in [7, 11) is 0. The van der Waals surface area contributed by atoms with Crippen molar-refractivity contribution >= 4 is 51.5 Å². The summed E-state index contributed by atoms with van der Waals surface area (Å²) in [5, 5.41) is 10.2. The van der Waals surface area contributed by atoms with Gasteiger partial charge in [-0.1, -0.05) is 45.8 Å². The fourth-order valence-electron chi connectivity index (χ4n) is 2.59. The molecule has 0 atom stereocenters. The molecule has 0 unspecified atom stereocenters. The number of hydrogen-bond donors (Lipinski definition) is 1. The minimum Gasteiger partial charge on any atom is -0.462 e. The van der Waals surface area contributed by atoms with Crippen molar-refractivity contribution in [3.05, 3.63) is 55.8 Å². The molecule has 0 spiro atoms. The maximum absolute atomic E-state index is 13.2. The minimum absolute atomic E-state index is 0.114. The number of halogens is 5. The van der Waals surface area contributed by atoms with Gasteiger partial charge in [0.2, 0.25) is 0 Å². The van der Waals surface area contributed by atoms with Crippen LogP contribution in [0.25, 0.3) is 0 Å². The van der Waals surface area contributed by atoms with Crippen molar-refractivity contribution in [2.75, 3.05) is 11.9 Å². The molecular formula is C18H14Cl2F3N5O3S. The van der Waals surface area contributed by atoms with Crippen LogP contribution in [0.15, 0.2) is 18.2 Å². The van der Waals surface area contributed by atoms with Crippen LogP contribution in [0.2, 0.25) is 10.0 Å². The first kappa shape index (κ1) is 24.0. The van der Waals surface area contributed by atoms with Crippen LogP contribution in [0.5, 0.6) is 0 Å². The summed E-state index contributed by atoms with van der Waals surface area (Å²) in [6.07, 6.45) is -4.90. The van der Waals surface area contributed by atoms with E-state index < -0.39 is 33.8 Å². The van der Waals surface area contributed by atoms with Crippen molar-refractivity contribution in [2.45, 2.75) is 26.6 Å². The first-order valence-corrected chi connectivity index (χ1v) is 10.5. The van der Waals surface area contributed by atoms with Crippen molar-refractivity contribution in [3.8, 4) is 0 Å². The van der Waals surface area contributed by atoms with Gasteiger partial charge in [-0.15, -0.1) is 5.10 Å². The number of carbonyl (C=O) groups excluding carboxylic acids is 2. The molecule has 1 amide bonds. The molecule has 14 heteroatoms. The number of alkyl halides is 3. The van der Waals surface area contributed by atoms with Gasteiger partial charge in [0.1, 0.15) is 4.88 Å². The third kappa shape index (κ3) is 5.19. The summed E-state index contributed by atoms with van der Waals surface area (Å²) in [6, 6.07) is 4.97. The van der Waals surface area contributed by atoms with Gasteiger partial charge < -0.3 is 4.74 Å². The second kappa shape index (κ2) is 9.43. The van der Waals surface area contributed by atoms with Crippen LogP contribution in [0, 0.1) is 6.92 Å². The van der Waals surface area contributed by atoms with Crippen LogP contribution < -0.4 is 5.32 Å². The number of amides is 1. The van der Waals surface area contributed by atoms with E-state index in [0.29, 0.717) is 27.1 Å². The van der Waals surface area contributed by atoms with Crippen LogP contribution in [0.3, 0.4) is 0 Å². The fourth-order valence-corrected chi connectivity index (χ4v) is 3.78. The average Bonchev–Trinajstić information content (AvgIpc) is 3.29. The number of aromatic nitrogens is 4. The highest BCUT2D eigenvalue weighted by atomic mass is 35.5. The zero-order chi connectivity index (χ0) is 23.6. The molecule has 0 fully saturated rings. The number of anilines is 1. The van der Waals surface area contributed by atoms with E-state index >= 15 is 0 Å². The molecule has 3 rings (SSSR count). The fraction of sp³-hybridized carbons (Fsp3) is 0.278. The van der Waals surface area contributed by atoms with Gasteiger partial charge in [-0.05, 0) is 31.5 Å². The first-order valence-electron chi connectivity index (χ1n) is 8.91. The number of esters is 1. The number of carbonyl (C=O) groups is 2. The van der Waals surface area contributed by atoms with E-state index in [2.05, 4.69) is 25.3 Å². The molecule has 1 N–H and O–H groups in total. The van der Waals surface area contributed by atoms with Gasteiger partial charge >= 0.3 is 12.1 Å². The van der Waals surface area contributed by atoms with Crippen molar-refractivity contribution in [3.63, 3.8) is 0 Å². The summed E-state index contributed by atoms with van der Waals surface area (Å²) in [5.74, 6) is -2.01. The quantitative estimate of drug-likeness (QED) is 0.479. The Morgan fingerprint density at radius 2 is 1.97 bits per heavy atom. The van der Waals surface area contributed by atoms with Crippen molar-refractivity contribution < 1.29 is 27.5 Å². The molecular weight excluding hydrogens is 494 g/mol. The highest BCUT2D eigenvalue weighted by molar-refractivity contribution is 7.17. The smallest absolute Gasteiger partial charge is 0.435 e. The second-order valence-corrected chi connectivity index (χ2v) is 8.11. The number of thiazole rings is 1. The van der Waals surface area contributed by atoms with Gasteiger partial charge in [-0.25, -0.2) is 14.5 Å². The van der Waals surface area contributed by atoms with E-state index in [4.69, 9.17) is 23.2 Å². The summed E-state index contributed by atoms with van der Waals surface area (Å²) in [5.41, 5.74) is -0.456. The van der Waals surface area contributed by atoms with E-state index in [1.807, 2.05) is 0 Å². The lowest BCUT2D eigenvalue weighted by Crippen LogP contribution is -2.15. The Bertz CT molecular complexity index is 1180. The molecule has 0 bridgehead atoms. The molecule has 0 aliphatic carbocycles.